The maximum atomic E-state index is 6.00. The fraction of sp³-hybridized carbons (Fsp3) is 0.100. The molecule has 0 aliphatic heterocycles. The number of aryl methyl sites for hydroxylation is 1. The lowest BCUT2D eigenvalue weighted by Gasteiger charge is -1.99. The van der Waals surface area contributed by atoms with E-state index in [0.29, 0.717) is 5.02 Å². The Morgan fingerprint density at radius 2 is 2.08 bits per heavy atom. The van der Waals surface area contributed by atoms with Crippen molar-refractivity contribution in [2.75, 3.05) is 0 Å². The highest BCUT2D eigenvalue weighted by atomic mass is 35.5. The Balaban J connectivity index is 2.59. The molecule has 0 aliphatic carbocycles. The minimum Gasteiger partial charge on any atom is -0.356 e. The molecule has 66 valence electrons. The van der Waals surface area contributed by atoms with Crippen LogP contribution in [0.5, 0.6) is 0 Å². The van der Waals surface area contributed by atoms with E-state index in [1.54, 1.807) is 6.20 Å². The summed E-state index contributed by atoms with van der Waals surface area (Å²) in [5.41, 5.74) is 1.88. The van der Waals surface area contributed by atoms with Gasteiger partial charge in [0.25, 0.3) is 0 Å². The molecule has 2 aromatic rings. The molecule has 2 rings (SSSR count). The van der Waals surface area contributed by atoms with Crippen molar-refractivity contribution in [2.24, 2.45) is 0 Å². The smallest absolute Gasteiger partial charge is 0.171 e. The molecule has 2 nitrogen and oxygen atoms in total. The van der Waals surface area contributed by atoms with E-state index >= 15 is 0 Å². The average Bonchev–Trinajstić information content (AvgIpc) is 2.52. The van der Waals surface area contributed by atoms with Gasteiger partial charge in [-0.05, 0) is 19.1 Å². The highest BCUT2D eigenvalue weighted by Gasteiger charge is 2.09. The molecule has 0 saturated heterocycles. The normalized spacial score (nSPS) is 10.3. The second kappa shape index (κ2) is 3.23. The van der Waals surface area contributed by atoms with E-state index in [-0.39, 0.29) is 0 Å². The van der Waals surface area contributed by atoms with Gasteiger partial charge in [-0.1, -0.05) is 28.9 Å². The molecule has 0 spiro atoms. The van der Waals surface area contributed by atoms with Crippen molar-refractivity contribution in [1.29, 1.82) is 0 Å². The number of halogens is 1. The highest BCUT2D eigenvalue weighted by molar-refractivity contribution is 6.33. The molecular formula is C10H8ClNO. The van der Waals surface area contributed by atoms with Crippen molar-refractivity contribution >= 4 is 11.6 Å². The van der Waals surface area contributed by atoms with E-state index in [0.717, 1.165) is 16.9 Å². The van der Waals surface area contributed by atoms with Gasteiger partial charge in [0, 0.05) is 11.1 Å². The molecule has 0 atom stereocenters. The number of rotatable bonds is 1. The Morgan fingerprint density at radius 3 is 2.69 bits per heavy atom. The Hall–Kier alpha value is -1.28. The third-order valence-electron chi connectivity index (χ3n) is 1.87. The summed E-state index contributed by atoms with van der Waals surface area (Å²) in [7, 11) is 0. The molecule has 0 N–H and O–H groups in total. The fourth-order valence-corrected chi connectivity index (χ4v) is 1.42. The highest BCUT2D eigenvalue weighted by Crippen LogP contribution is 2.29. The molecule has 1 aromatic heterocycles. The van der Waals surface area contributed by atoms with E-state index in [1.807, 2.05) is 31.2 Å². The summed E-state index contributed by atoms with van der Waals surface area (Å²) in [6, 6.07) is 7.55. The Morgan fingerprint density at radius 1 is 1.31 bits per heavy atom. The zero-order valence-corrected chi connectivity index (χ0v) is 7.88. The molecule has 0 amide bonds. The van der Waals surface area contributed by atoms with Gasteiger partial charge in [0.15, 0.2) is 5.76 Å². The molecule has 13 heavy (non-hydrogen) atoms. The summed E-state index contributed by atoms with van der Waals surface area (Å²) in [6.45, 7) is 1.94. The monoisotopic (exact) mass is 193 g/mol. The zero-order valence-electron chi connectivity index (χ0n) is 7.12. The molecular weight excluding hydrogens is 186 g/mol. The topological polar surface area (TPSA) is 26.0 Å². The van der Waals surface area contributed by atoms with Crippen molar-refractivity contribution in [2.45, 2.75) is 6.92 Å². The molecule has 0 fully saturated rings. The third kappa shape index (κ3) is 1.45. The first-order chi connectivity index (χ1) is 6.29. The number of aromatic nitrogens is 1. The van der Waals surface area contributed by atoms with Crippen LogP contribution >= 0.6 is 11.6 Å². The van der Waals surface area contributed by atoms with Crippen molar-refractivity contribution in [3.05, 3.63) is 41.0 Å². The van der Waals surface area contributed by atoms with Crippen LogP contribution in [0.4, 0.5) is 0 Å². The lowest BCUT2D eigenvalue weighted by atomic mass is 10.1. The van der Waals surface area contributed by atoms with Gasteiger partial charge in [-0.3, -0.25) is 0 Å². The number of benzene rings is 1. The molecule has 0 bridgehead atoms. The van der Waals surface area contributed by atoms with E-state index < -0.39 is 0 Å². The number of hydrogen-bond donors (Lipinski definition) is 0. The van der Waals surface area contributed by atoms with Crippen LogP contribution in [-0.2, 0) is 0 Å². The Bertz CT molecular complexity index is 422. The van der Waals surface area contributed by atoms with E-state index in [4.69, 9.17) is 16.1 Å². The second-order valence-corrected chi connectivity index (χ2v) is 3.22. The standard InChI is InChI=1S/C10H8ClNO/c1-7-6-12-13-10(7)8-4-2-3-5-9(8)11/h2-6H,1H3. The molecule has 0 saturated carbocycles. The molecule has 0 unspecified atom stereocenters. The summed E-state index contributed by atoms with van der Waals surface area (Å²) in [4.78, 5) is 0. The second-order valence-electron chi connectivity index (χ2n) is 2.82. The largest absolute Gasteiger partial charge is 0.356 e. The molecule has 0 radical (unpaired) electrons. The lowest BCUT2D eigenvalue weighted by molar-refractivity contribution is 0.432. The number of hydrogen-bond acceptors (Lipinski definition) is 2. The minimum atomic E-state index is 0.683. The van der Waals surface area contributed by atoms with Crippen molar-refractivity contribution < 1.29 is 4.52 Å². The first-order valence-corrected chi connectivity index (χ1v) is 4.33. The SMILES string of the molecule is Cc1cnoc1-c1ccccc1Cl. The van der Waals surface area contributed by atoms with Gasteiger partial charge in [0.05, 0.1) is 11.2 Å². The van der Waals surface area contributed by atoms with E-state index in [1.165, 1.54) is 0 Å². The van der Waals surface area contributed by atoms with Crippen LogP contribution in [0.15, 0.2) is 35.0 Å². The molecule has 0 aliphatic rings. The first-order valence-electron chi connectivity index (χ1n) is 3.95. The van der Waals surface area contributed by atoms with Gasteiger partial charge in [-0.15, -0.1) is 0 Å². The fourth-order valence-electron chi connectivity index (χ4n) is 1.20. The van der Waals surface area contributed by atoms with Gasteiger partial charge in [-0.25, -0.2) is 0 Å². The number of nitrogens with zero attached hydrogens (tertiary/aromatic N) is 1. The van der Waals surface area contributed by atoms with Gasteiger partial charge in [-0.2, -0.15) is 0 Å². The molecule has 1 aromatic carbocycles. The zero-order chi connectivity index (χ0) is 9.26. The van der Waals surface area contributed by atoms with Crippen LogP contribution in [0.2, 0.25) is 5.02 Å². The molecule has 3 heteroatoms. The third-order valence-corrected chi connectivity index (χ3v) is 2.20. The van der Waals surface area contributed by atoms with Gasteiger partial charge in [0.1, 0.15) is 0 Å². The van der Waals surface area contributed by atoms with Crippen LogP contribution in [0, 0.1) is 6.92 Å². The van der Waals surface area contributed by atoms with Crippen LogP contribution in [-0.4, -0.2) is 5.16 Å². The first kappa shape index (κ1) is 8.32. The predicted octanol–water partition coefficient (Wildman–Crippen LogP) is 3.30. The van der Waals surface area contributed by atoms with E-state index in [2.05, 4.69) is 5.16 Å². The van der Waals surface area contributed by atoms with Crippen LogP contribution < -0.4 is 0 Å². The van der Waals surface area contributed by atoms with Crippen LogP contribution in [0.25, 0.3) is 11.3 Å². The quantitative estimate of drug-likeness (QED) is 0.695. The summed E-state index contributed by atoms with van der Waals surface area (Å²) in [5, 5.41) is 4.39. The maximum Gasteiger partial charge on any atom is 0.171 e. The summed E-state index contributed by atoms with van der Waals surface area (Å²) < 4.78 is 5.10. The van der Waals surface area contributed by atoms with Crippen molar-refractivity contribution in [3.63, 3.8) is 0 Å². The van der Waals surface area contributed by atoms with Crippen molar-refractivity contribution in [3.8, 4) is 11.3 Å². The average molecular weight is 194 g/mol. The summed E-state index contributed by atoms with van der Waals surface area (Å²) in [5.74, 6) is 0.741. The Kier molecular flexibility index (Phi) is 2.07. The van der Waals surface area contributed by atoms with Crippen LogP contribution in [0.1, 0.15) is 5.56 Å². The lowest BCUT2D eigenvalue weighted by Crippen LogP contribution is -1.77. The predicted molar refractivity (Wildman–Crippen MR) is 51.7 cm³/mol. The molecule has 1 heterocycles. The maximum absolute atomic E-state index is 6.00. The van der Waals surface area contributed by atoms with Gasteiger partial charge < -0.3 is 4.52 Å². The van der Waals surface area contributed by atoms with Gasteiger partial charge in [0.2, 0.25) is 0 Å². The van der Waals surface area contributed by atoms with Crippen molar-refractivity contribution in [1.82, 2.24) is 5.16 Å². The van der Waals surface area contributed by atoms with Crippen LogP contribution in [0.3, 0.4) is 0 Å². The van der Waals surface area contributed by atoms with E-state index in [9.17, 15) is 0 Å². The van der Waals surface area contributed by atoms with Gasteiger partial charge >= 0.3 is 0 Å². The minimum absolute atomic E-state index is 0.683. The Labute approximate surface area is 81.1 Å². The summed E-state index contributed by atoms with van der Waals surface area (Å²) >= 11 is 6.00. The summed E-state index contributed by atoms with van der Waals surface area (Å²) in [6.07, 6.45) is 1.68.